The van der Waals surface area contributed by atoms with E-state index in [2.05, 4.69) is 4.98 Å². The zero-order valence-electron chi connectivity index (χ0n) is 9.94. The SMILES string of the molecule is O=C(CCc1cscn1)NS(=O)(=O)c1ccccc1. The van der Waals surface area contributed by atoms with Crippen molar-refractivity contribution in [2.24, 2.45) is 0 Å². The van der Waals surface area contributed by atoms with Crippen LogP contribution in [0.2, 0.25) is 0 Å². The lowest BCUT2D eigenvalue weighted by Gasteiger charge is -2.06. The van der Waals surface area contributed by atoms with Gasteiger partial charge in [-0.25, -0.2) is 18.1 Å². The fourth-order valence-electron chi connectivity index (χ4n) is 1.46. The molecular weight excluding hydrogens is 284 g/mol. The molecule has 0 saturated heterocycles. The molecule has 100 valence electrons. The van der Waals surface area contributed by atoms with Crippen molar-refractivity contribution in [3.63, 3.8) is 0 Å². The highest BCUT2D eigenvalue weighted by atomic mass is 32.2. The third-order valence-corrected chi connectivity index (χ3v) is 4.42. The van der Waals surface area contributed by atoms with E-state index in [9.17, 15) is 13.2 Å². The van der Waals surface area contributed by atoms with E-state index in [-0.39, 0.29) is 11.3 Å². The Kier molecular flexibility index (Phi) is 4.28. The second kappa shape index (κ2) is 5.94. The van der Waals surface area contributed by atoms with E-state index >= 15 is 0 Å². The van der Waals surface area contributed by atoms with E-state index in [0.29, 0.717) is 6.42 Å². The van der Waals surface area contributed by atoms with Gasteiger partial charge >= 0.3 is 0 Å². The largest absolute Gasteiger partial charge is 0.274 e. The number of nitrogens with zero attached hydrogens (tertiary/aromatic N) is 1. The van der Waals surface area contributed by atoms with Crippen molar-refractivity contribution in [1.82, 2.24) is 9.71 Å². The first-order valence-corrected chi connectivity index (χ1v) is 7.98. The molecule has 0 aliphatic heterocycles. The average molecular weight is 296 g/mol. The van der Waals surface area contributed by atoms with Crippen molar-refractivity contribution in [2.45, 2.75) is 17.7 Å². The number of rotatable bonds is 5. The number of sulfonamides is 1. The molecule has 1 aromatic heterocycles. The summed E-state index contributed by atoms with van der Waals surface area (Å²) in [6.45, 7) is 0. The quantitative estimate of drug-likeness (QED) is 0.909. The predicted octanol–water partition coefficient (Wildman–Crippen LogP) is 1.58. The molecule has 0 spiro atoms. The van der Waals surface area contributed by atoms with E-state index in [4.69, 9.17) is 0 Å². The molecule has 5 nitrogen and oxygen atoms in total. The van der Waals surface area contributed by atoms with Crippen molar-refractivity contribution in [3.8, 4) is 0 Å². The highest BCUT2D eigenvalue weighted by Gasteiger charge is 2.16. The fraction of sp³-hybridized carbons (Fsp3) is 0.167. The number of hydrogen-bond donors (Lipinski definition) is 1. The smallest absolute Gasteiger partial charge is 0.264 e. The zero-order valence-corrected chi connectivity index (χ0v) is 11.6. The second-order valence-electron chi connectivity index (χ2n) is 3.82. The van der Waals surface area contributed by atoms with Crippen LogP contribution in [0.5, 0.6) is 0 Å². The van der Waals surface area contributed by atoms with Crippen LogP contribution in [0.1, 0.15) is 12.1 Å². The van der Waals surface area contributed by atoms with Gasteiger partial charge in [0.15, 0.2) is 0 Å². The van der Waals surface area contributed by atoms with Crippen LogP contribution in [0.25, 0.3) is 0 Å². The Morgan fingerprint density at radius 2 is 2.00 bits per heavy atom. The number of carbonyl (C=O) groups excluding carboxylic acids is 1. The average Bonchev–Trinajstić information content (AvgIpc) is 2.90. The summed E-state index contributed by atoms with van der Waals surface area (Å²) in [5.74, 6) is -0.531. The van der Waals surface area contributed by atoms with Crippen LogP contribution in [-0.4, -0.2) is 19.3 Å². The summed E-state index contributed by atoms with van der Waals surface area (Å²) in [4.78, 5) is 15.7. The molecule has 1 amide bonds. The third kappa shape index (κ3) is 3.87. The lowest BCUT2D eigenvalue weighted by atomic mass is 10.2. The normalized spacial score (nSPS) is 11.2. The molecule has 2 aromatic rings. The zero-order chi connectivity index (χ0) is 13.7. The first kappa shape index (κ1) is 13.7. The first-order chi connectivity index (χ1) is 9.08. The monoisotopic (exact) mass is 296 g/mol. The molecule has 1 heterocycles. The Morgan fingerprint density at radius 3 is 2.63 bits per heavy atom. The molecule has 1 N–H and O–H groups in total. The molecule has 0 aliphatic carbocycles. The molecule has 0 saturated carbocycles. The van der Waals surface area contributed by atoms with Crippen LogP contribution in [0.15, 0.2) is 46.1 Å². The van der Waals surface area contributed by atoms with Gasteiger partial charge in [-0.3, -0.25) is 4.79 Å². The minimum atomic E-state index is -3.77. The van der Waals surface area contributed by atoms with Crippen LogP contribution >= 0.6 is 11.3 Å². The first-order valence-electron chi connectivity index (χ1n) is 5.56. The van der Waals surface area contributed by atoms with Gasteiger partial charge in [0, 0.05) is 11.8 Å². The molecule has 0 aliphatic rings. The number of hydrogen-bond acceptors (Lipinski definition) is 5. The highest BCUT2D eigenvalue weighted by Crippen LogP contribution is 2.08. The number of thiazole rings is 1. The summed E-state index contributed by atoms with van der Waals surface area (Å²) in [6.07, 6.45) is 0.523. The van der Waals surface area contributed by atoms with E-state index in [1.807, 2.05) is 10.1 Å². The maximum Gasteiger partial charge on any atom is 0.264 e. The maximum atomic E-state index is 11.9. The summed E-state index contributed by atoms with van der Waals surface area (Å²) >= 11 is 1.44. The van der Waals surface area contributed by atoms with Gasteiger partial charge in [-0.05, 0) is 18.6 Å². The number of carbonyl (C=O) groups is 1. The third-order valence-electron chi connectivity index (χ3n) is 2.39. The summed E-state index contributed by atoms with van der Waals surface area (Å²) < 4.78 is 25.8. The van der Waals surface area contributed by atoms with Gasteiger partial charge in [0.25, 0.3) is 10.0 Å². The predicted molar refractivity (Wildman–Crippen MR) is 72.2 cm³/mol. The molecule has 0 bridgehead atoms. The molecule has 19 heavy (non-hydrogen) atoms. The van der Waals surface area contributed by atoms with Crippen molar-refractivity contribution in [1.29, 1.82) is 0 Å². The molecule has 1 aromatic carbocycles. The lowest BCUT2D eigenvalue weighted by Crippen LogP contribution is -2.30. The lowest BCUT2D eigenvalue weighted by molar-refractivity contribution is -0.119. The van der Waals surface area contributed by atoms with Gasteiger partial charge in [0.1, 0.15) is 0 Å². The van der Waals surface area contributed by atoms with E-state index < -0.39 is 15.9 Å². The fourth-order valence-corrected chi connectivity index (χ4v) is 3.09. The Bertz CT molecular complexity index is 637. The second-order valence-corrected chi connectivity index (χ2v) is 6.22. The number of nitrogens with one attached hydrogen (secondary N) is 1. The van der Waals surface area contributed by atoms with Crippen molar-refractivity contribution < 1.29 is 13.2 Å². The summed E-state index contributed by atoms with van der Waals surface area (Å²) in [5.41, 5.74) is 2.46. The minimum absolute atomic E-state index is 0.0806. The Morgan fingerprint density at radius 1 is 1.26 bits per heavy atom. The van der Waals surface area contributed by atoms with E-state index in [1.54, 1.807) is 23.7 Å². The van der Waals surface area contributed by atoms with Crippen LogP contribution in [-0.2, 0) is 21.2 Å². The van der Waals surface area contributed by atoms with Gasteiger partial charge < -0.3 is 0 Å². The van der Waals surface area contributed by atoms with Crippen LogP contribution < -0.4 is 4.72 Å². The van der Waals surface area contributed by atoms with E-state index in [0.717, 1.165) is 5.69 Å². The Labute approximate surface area is 115 Å². The number of amides is 1. The molecule has 2 rings (SSSR count). The standard InChI is InChI=1S/C12H12N2O3S2/c15-12(7-6-10-8-18-9-13-10)14-19(16,17)11-4-2-1-3-5-11/h1-5,8-9H,6-7H2,(H,14,15). The Hall–Kier alpha value is -1.73. The number of benzene rings is 1. The van der Waals surface area contributed by atoms with Crippen LogP contribution in [0.4, 0.5) is 0 Å². The van der Waals surface area contributed by atoms with Crippen molar-refractivity contribution >= 4 is 27.3 Å². The molecule has 0 atom stereocenters. The number of aromatic nitrogens is 1. The van der Waals surface area contributed by atoms with E-state index in [1.165, 1.54) is 23.5 Å². The molecule has 0 radical (unpaired) electrons. The van der Waals surface area contributed by atoms with Gasteiger partial charge in [-0.15, -0.1) is 11.3 Å². The molecule has 0 unspecified atom stereocenters. The number of aryl methyl sites for hydroxylation is 1. The summed E-state index contributed by atoms with van der Waals surface area (Å²) in [6, 6.07) is 7.80. The van der Waals surface area contributed by atoms with Crippen molar-refractivity contribution in [2.75, 3.05) is 0 Å². The van der Waals surface area contributed by atoms with Gasteiger partial charge in [-0.1, -0.05) is 18.2 Å². The van der Waals surface area contributed by atoms with Gasteiger partial charge in [0.2, 0.25) is 5.91 Å². The van der Waals surface area contributed by atoms with Gasteiger partial charge in [0.05, 0.1) is 16.1 Å². The van der Waals surface area contributed by atoms with Crippen LogP contribution in [0.3, 0.4) is 0 Å². The molecule has 7 heteroatoms. The van der Waals surface area contributed by atoms with Gasteiger partial charge in [-0.2, -0.15) is 0 Å². The summed E-state index contributed by atoms with van der Waals surface area (Å²) in [5, 5.41) is 1.83. The maximum absolute atomic E-state index is 11.9. The molecular formula is C12H12N2O3S2. The Balaban J connectivity index is 1.95. The van der Waals surface area contributed by atoms with Crippen molar-refractivity contribution in [3.05, 3.63) is 46.9 Å². The topological polar surface area (TPSA) is 76.1 Å². The molecule has 0 fully saturated rings. The van der Waals surface area contributed by atoms with Crippen LogP contribution in [0, 0.1) is 0 Å². The minimum Gasteiger partial charge on any atom is -0.274 e. The summed E-state index contributed by atoms with van der Waals surface area (Å²) in [7, 11) is -3.77. The highest BCUT2D eigenvalue weighted by molar-refractivity contribution is 7.90.